The molecule has 1 unspecified atom stereocenters. The van der Waals surface area contributed by atoms with Gasteiger partial charge >= 0.3 is 79.2 Å². The van der Waals surface area contributed by atoms with Gasteiger partial charge in [0.05, 0.1) is 0 Å². The summed E-state index contributed by atoms with van der Waals surface area (Å²) in [6, 6.07) is 0. The number of carbonyl (C=O) groups is 1. The Morgan fingerprint density at radius 1 is 1.58 bits per heavy atom. The fraction of sp³-hybridized carbons (Fsp3) is 0.875. The van der Waals surface area contributed by atoms with Crippen LogP contribution in [0.4, 0.5) is 0 Å². The Balaban J connectivity index is 3.61. The van der Waals surface area contributed by atoms with Crippen LogP contribution in [0, 0.1) is 0 Å². The van der Waals surface area contributed by atoms with Crippen molar-refractivity contribution in [1.82, 2.24) is 0 Å². The summed E-state index contributed by atoms with van der Waals surface area (Å²) < 4.78 is 4.83. The summed E-state index contributed by atoms with van der Waals surface area (Å²) in [5, 5.41) is 10.2. The zero-order valence-corrected chi connectivity index (χ0v) is 9.45. The van der Waals surface area contributed by atoms with Crippen LogP contribution in [0.15, 0.2) is 0 Å². The van der Waals surface area contributed by atoms with Crippen LogP contribution in [-0.2, 0) is 9.53 Å². The van der Waals surface area contributed by atoms with Gasteiger partial charge in [-0.1, -0.05) is 0 Å². The van der Waals surface area contributed by atoms with Gasteiger partial charge in [0, 0.05) is 0 Å². The van der Waals surface area contributed by atoms with Gasteiger partial charge in [-0.15, -0.1) is 0 Å². The maximum atomic E-state index is 11.0. The van der Waals surface area contributed by atoms with E-state index in [1.54, 1.807) is 13.8 Å². The van der Waals surface area contributed by atoms with E-state index in [9.17, 15) is 9.90 Å². The second-order valence-corrected chi connectivity index (χ2v) is 4.85. The molecule has 0 heterocycles. The van der Waals surface area contributed by atoms with Crippen molar-refractivity contribution in [3.05, 3.63) is 0 Å². The topological polar surface area (TPSA) is 46.5 Å². The molecule has 0 aliphatic rings. The monoisotopic (exact) mass is 240 g/mol. The maximum absolute atomic E-state index is 11.0. The van der Waals surface area contributed by atoms with E-state index in [4.69, 9.17) is 4.74 Å². The minimum absolute atomic E-state index is 0.140. The summed E-state index contributed by atoms with van der Waals surface area (Å²) in [6.45, 7) is 3.54. The van der Waals surface area contributed by atoms with E-state index >= 15 is 0 Å². The van der Waals surface area contributed by atoms with Crippen molar-refractivity contribution < 1.29 is 14.6 Å². The molecule has 1 atom stereocenters. The first-order valence-electron chi connectivity index (χ1n) is 3.95. The molecule has 0 fully saturated rings. The molecule has 0 rings (SSSR count). The fourth-order valence-electron chi connectivity index (χ4n) is 0.658. The van der Waals surface area contributed by atoms with E-state index in [0.717, 1.165) is 5.32 Å². The molecule has 0 spiro atoms. The number of rotatable bonds is 5. The molecule has 0 aliphatic heterocycles. The molecule has 72 valence electrons. The molecule has 3 nitrogen and oxygen atoms in total. The molecular weight excluding hydrogens is 223 g/mol. The first-order valence-corrected chi connectivity index (χ1v) is 6.88. The Bertz CT molecular complexity index is 136. The molecule has 0 bridgehead atoms. The molecule has 12 heavy (non-hydrogen) atoms. The normalized spacial score (nSPS) is 13.1. The Kier molecular flexibility index (Phi) is 6.44. The van der Waals surface area contributed by atoms with Crippen molar-refractivity contribution in [2.45, 2.75) is 43.6 Å². The van der Waals surface area contributed by atoms with Gasteiger partial charge in [0.25, 0.3) is 0 Å². The number of aliphatic hydroxyl groups excluding tert-OH is 1. The molecule has 0 saturated carbocycles. The van der Waals surface area contributed by atoms with Crippen molar-refractivity contribution in [1.29, 1.82) is 0 Å². The van der Waals surface area contributed by atoms with E-state index in [2.05, 4.69) is 5.82 Å². The van der Waals surface area contributed by atoms with Crippen LogP contribution in [0.2, 0.25) is 11.1 Å². The molecule has 4 heteroatoms. The minimum atomic E-state index is -0.922. The van der Waals surface area contributed by atoms with Crippen LogP contribution in [0.5, 0.6) is 0 Å². The van der Waals surface area contributed by atoms with Gasteiger partial charge < -0.3 is 0 Å². The molecule has 1 N–H and O–H groups in total. The quantitative estimate of drug-likeness (QED) is 0.571. The Morgan fingerprint density at radius 3 is 2.58 bits per heavy atom. The standard InChI is InChI=1S/C8H16O3Se/c1-6(2)11-8(10)7(9)4-5-12-3/h6-7,9H,4-5H2,1-3H3. The van der Waals surface area contributed by atoms with Crippen molar-refractivity contribution in [3.63, 3.8) is 0 Å². The number of hydrogen-bond acceptors (Lipinski definition) is 3. The second kappa shape index (κ2) is 6.46. The summed E-state index contributed by atoms with van der Waals surface area (Å²) in [5.41, 5.74) is 0. The molecule has 0 aromatic rings. The van der Waals surface area contributed by atoms with Crippen LogP contribution in [0.25, 0.3) is 0 Å². The van der Waals surface area contributed by atoms with Crippen LogP contribution in [0.3, 0.4) is 0 Å². The number of aliphatic hydroxyl groups is 1. The van der Waals surface area contributed by atoms with Gasteiger partial charge in [-0.3, -0.25) is 0 Å². The number of ether oxygens (including phenoxy) is 1. The van der Waals surface area contributed by atoms with Crippen LogP contribution in [-0.4, -0.2) is 38.2 Å². The Morgan fingerprint density at radius 2 is 2.17 bits per heavy atom. The summed E-state index contributed by atoms with van der Waals surface area (Å²) in [7, 11) is 0. The predicted octanol–water partition coefficient (Wildman–Crippen LogP) is 0.860. The average molecular weight is 239 g/mol. The third kappa shape index (κ3) is 5.58. The molecule has 0 aromatic heterocycles. The number of hydrogen-bond donors (Lipinski definition) is 1. The summed E-state index contributed by atoms with van der Waals surface area (Å²) >= 11 is 0.513. The predicted molar refractivity (Wildman–Crippen MR) is 48.3 cm³/mol. The van der Waals surface area contributed by atoms with E-state index in [-0.39, 0.29) is 6.10 Å². The van der Waals surface area contributed by atoms with Gasteiger partial charge in [0.2, 0.25) is 0 Å². The van der Waals surface area contributed by atoms with Gasteiger partial charge in [0.15, 0.2) is 0 Å². The molecule has 0 amide bonds. The van der Waals surface area contributed by atoms with E-state index in [0.29, 0.717) is 21.4 Å². The number of carbonyl (C=O) groups excluding carboxylic acids is 1. The van der Waals surface area contributed by atoms with Crippen molar-refractivity contribution in [3.8, 4) is 0 Å². The molecular formula is C8H16O3Se. The van der Waals surface area contributed by atoms with E-state index < -0.39 is 12.1 Å². The van der Waals surface area contributed by atoms with Crippen molar-refractivity contribution in [2.75, 3.05) is 0 Å². The molecule has 0 saturated heterocycles. The molecule has 0 aromatic carbocycles. The van der Waals surface area contributed by atoms with Crippen molar-refractivity contribution in [2.24, 2.45) is 0 Å². The van der Waals surface area contributed by atoms with Crippen LogP contribution in [0.1, 0.15) is 20.3 Å². The molecule has 0 radical (unpaired) electrons. The second-order valence-electron chi connectivity index (χ2n) is 2.78. The first-order chi connectivity index (χ1) is 5.57. The Hall–Kier alpha value is -0.0505. The summed E-state index contributed by atoms with van der Waals surface area (Å²) in [6.07, 6.45) is -0.532. The van der Waals surface area contributed by atoms with E-state index in [1.807, 2.05) is 0 Å². The SMILES string of the molecule is C[Se]CCC(O)C(=O)OC(C)C. The fourth-order valence-corrected chi connectivity index (χ4v) is 1.62. The average Bonchev–Trinajstić information content (AvgIpc) is 1.98. The summed E-state index contributed by atoms with van der Waals surface area (Å²) in [5.74, 6) is 1.59. The Labute approximate surface area is 79.6 Å². The zero-order valence-electron chi connectivity index (χ0n) is 7.74. The van der Waals surface area contributed by atoms with Gasteiger partial charge in [0.1, 0.15) is 0 Å². The van der Waals surface area contributed by atoms with E-state index in [1.165, 1.54) is 0 Å². The summed E-state index contributed by atoms with van der Waals surface area (Å²) in [4.78, 5) is 11.0. The molecule has 0 aliphatic carbocycles. The third-order valence-electron chi connectivity index (χ3n) is 1.22. The van der Waals surface area contributed by atoms with Gasteiger partial charge in [-0.05, 0) is 0 Å². The number of esters is 1. The zero-order chi connectivity index (χ0) is 9.56. The third-order valence-corrected chi connectivity index (χ3v) is 2.57. The van der Waals surface area contributed by atoms with Gasteiger partial charge in [-0.25, -0.2) is 0 Å². The van der Waals surface area contributed by atoms with Crippen molar-refractivity contribution >= 4 is 20.9 Å². The van der Waals surface area contributed by atoms with Crippen LogP contribution >= 0.6 is 0 Å². The van der Waals surface area contributed by atoms with Crippen LogP contribution < -0.4 is 0 Å². The van der Waals surface area contributed by atoms with Gasteiger partial charge in [-0.2, -0.15) is 0 Å². The first kappa shape index (κ1) is 11.9.